The summed E-state index contributed by atoms with van der Waals surface area (Å²) in [6, 6.07) is 7.09. The number of rotatable bonds is 6. The van der Waals surface area contributed by atoms with Crippen LogP contribution in [0.2, 0.25) is 0 Å². The van der Waals surface area contributed by atoms with Crippen LogP contribution in [0.4, 0.5) is 0 Å². The summed E-state index contributed by atoms with van der Waals surface area (Å²) >= 11 is 0. The van der Waals surface area contributed by atoms with Gasteiger partial charge in [-0.15, -0.1) is 5.10 Å². The van der Waals surface area contributed by atoms with E-state index in [9.17, 15) is 4.79 Å². The lowest BCUT2D eigenvalue weighted by molar-refractivity contribution is 0.0754. The second-order valence-corrected chi connectivity index (χ2v) is 4.26. The van der Waals surface area contributed by atoms with Crippen molar-refractivity contribution in [2.45, 2.75) is 13.3 Å². The molecule has 106 valence electrons. The number of hydrogen-bond donors (Lipinski definition) is 1. The van der Waals surface area contributed by atoms with Crippen molar-refractivity contribution in [2.75, 3.05) is 19.7 Å². The molecule has 2 aromatic rings. The lowest BCUT2D eigenvalue weighted by atomic mass is 10.1. The molecule has 0 aliphatic heterocycles. The van der Waals surface area contributed by atoms with E-state index < -0.39 is 0 Å². The van der Waals surface area contributed by atoms with E-state index in [1.54, 1.807) is 29.2 Å². The van der Waals surface area contributed by atoms with Crippen molar-refractivity contribution < 1.29 is 9.90 Å². The van der Waals surface area contributed by atoms with Crippen LogP contribution in [0, 0.1) is 0 Å². The van der Waals surface area contributed by atoms with E-state index in [0.717, 1.165) is 5.69 Å². The molecule has 1 aromatic carbocycles. The molecule has 0 bridgehead atoms. The van der Waals surface area contributed by atoms with Gasteiger partial charge in [-0.3, -0.25) is 4.79 Å². The minimum Gasteiger partial charge on any atom is -0.396 e. The minimum atomic E-state index is -0.0378. The van der Waals surface area contributed by atoms with Gasteiger partial charge in [0.25, 0.3) is 5.91 Å². The highest BCUT2D eigenvalue weighted by atomic mass is 16.3. The summed E-state index contributed by atoms with van der Waals surface area (Å²) in [5.74, 6) is -0.0378. The molecule has 1 amide bonds. The third-order valence-corrected chi connectivity index (χ3v) is 2.98. The van der Waals surface area contributed by atoms with Crippen molar-refractivity contribution >= 4 is 5.91 Å². The van der Waals surface area contributed by atoms with Gasteiger partial charge < -0.3 is 10.0 Å². The Bertz CT molecular complexity index is 538. The molecule has 0 spiro atoms. The molecular weight excluding hydrogens is 258 g/mol. The SMILES string of the molecule is CCN(CCCO)C(=O)c1ccc(-n2cnnn2)cc1. The molecule has 0 aliphatic rings. The molecule has 1 aromatic heterocycles. The highest BCUT2D eigenvalue weighted by Crippen LogP contribution is 2.10. The quantitative estimate of drug-likeness (QED) is 0.830. The molecule has 1 N–H and O–H groups in total. The van der Waals surface area contributed by atoms with Crippen LogP contribution in [0.3, 0.4) is 0 Å². The Kier molecular flexibility index (Phi) is 4.78. The summed E-state index contributed by atoms with van der Waals surface area (Å²) in [6.45, 7) is 3.18. The summed E-state index contributed by atoms with van der Waals surface area (Å²) in [5.41, 5.74) is 1.41. The van der Waals surface area contributed by atoms with Gasteiger partial charge in [0, 0.05) is 25.3 Å². The molecule has 7 heteroatoms. The molecule has 0 atom stereocenters. The summed E-state index contributed by atoms with van der Waals surface area (Å²) < 4.78 is 1.53. The maximum Gasteiger partial charge on any atom is 0.253 e. The molecule has 2 rings (SSSR count). The predicted octanol–water partition coefficient (Wildman–Crippen LogP) is 0.507. The Morgan fingerprint density at radius 3 is 2.65 bits per heavy atom. The molecule has 1 heterocycles. The van der Waals surface area contributed by atoms with Crippen molar-refractivity contribution in [3.8, 4) is 5.69 Å². The van der Waals surface area contributed by atoms with E-state index in [4.69, 9.17) is 5.11 Å². The zero-order chi connectivity index (χ0) is 14.4. The van der Waals surface area contributed by atoms with E-state index in [1.807, 2.05) is 6.92 Å². The fourth-order valence-corrected chi connectivity index (χ4v) is 1.88. The zero-order valence-electron chi connectivity index (χ0n) is 11.3. The maximum atomic E-state index is 12.3. The largest absolute Gasteiger partial charge is 0.396 e. The number of hydrogen-bond acceptors (Lipinski definition) is 5. The summed E-state index contributed by atoms with van der Waals surface area (Å²) in [7, 11) is 0. The van der Waals surface area contributed by atoms with Gasteiger partial charge in [-0.05, 0) is 48.0 Å². The molecule has 0 radical (unpaired) electrons. The Labute approximate surface area is 116 Å². The van der Waals surface area contributed by atoms with Gasteiger partial charge in [0.05, 0.1) is 5.69 Å². The molecule has 0 aliphatic carbocycles. The smallest absolute Gasteiger partial charge is 0.253 e. The normalized spacial score (nSPS) is 10.5. The monoisotopic (exact) mass is 275 g/mol. The van der Waals surface area contributed by atoms with Crippen molar-refractivity contribution in [1.82, 2.24) is 25.1 Å². The molecule has 20 heavy (non-hydrogen) atoms. The number of carbonyl (C=O) groups is 1. The van der Waals surface area contributed by atoms with Gasteiger partial charge in [-0.25, -0.2) is 4.68 Å². The van der Waals surface area contributed by atoms with Gasteiger partial charge in [-0.2, -0.15) is 0 Å². The van der Waals surface area contributed by atoms with Gasteiger partial charge in [0.15, 0.2) is 0 Å². The fourth-order valence-electron chi connectivity index (χ4n) is 1.88. The Morgan fingerprint density at radius 2 is 2.10 bits per heavy atom. The first-order valence-corrected chi connectivity index (χ1v) is 6.49. The fraction of sp³-hybridized carbons (Fsp3) is 0.385. The van der Waals surface area contributed by atoms with Crippen LogP contribution in [0.25, 0.3) is 5.69 Å². The summed E-state index contributed by atoms with van der Waals surface area (Å²) in [6.07, 6.45) is 2.08. The third-order valence-electron chi connectivity index (χ3n) is 2.98. The number of amides is 1. The molecule has 0 saturated heterocycles. The number of aromatic nitrogens is 4. The predicted molar refractivity (Wildman–Crippen MR) is 72.4 cm³/mol. The maximum absolute atomic E-state index is 12.3. The highest BCUT2D eigenvalue weighted by Gasteiger charge is 2.13. The second kappa shape index (κ2) is 6.76. The van der Waals surface area contributed by atoms with Crippen LogP contribution >= 0.6 is 0 Å². The molecule has 0 saturated carbocycles. The third kappa shape index (κ3) is 3.18. The van der Waals surface area contributed by atoms with Gasteiger partial charge in [0.1, 0.15) is 6.33 Å². The van der Waals surface area contributed by atoms with Crippen molar-refractivity contribution in [3.05, 3.63) is 36.2 Å². The van der Waals surface area contributed by atoms with E-state index in [-0.39, 0.29) is 12.5 Å². The summed E-state index contributed by atoms with van der Waals surface area (Å²) in [4.78, 5) is 14.0. The number of aliphatic hydroxyl groups is 1. The summed E-state index contributed by atoms with van der Waals surface area (Å²) in [5, 5.41) is 19.8. The van der Waals surface area contributed by atoms with E-state index in [2.05, 4.69) is 15.5 Å². The van der Waals surface area contributed by atoms with Crippen LogP contribution in [0.1, 0.15) is 23.7 Å². The van der Waals surface area contributed by atoms with Crippen LogP contribution in [-0.4, -0.2) is 55.8 Å². The average Bonchev–Trinajstić information content (AvgIpc) is 3.02. The molecule has 0 fully saturated rings. The lowest BCUT2D eigenvalue weighted by Gasteiger charge is -2.20. The Hall–Kier alpha value is -2.28. The van der Waals surface area contributed by atoms with Crippen molar-refractivity contribution in [2.24, 2.45) is 0 Å². The number of carbonyl (C=O) groups excluding carboxylic acids is 1. The van der Waals surface area contributed by atoms with Crippen LogP contribution in [-0.2, 0) is 0 Å². The number of benzene rings is 1. The Morgan fingerprint density at radius 1 is 1.35 bits per heavy atom. The molecule has 0 unspecified atom stereocenters. The first-order chi connectivity index (χ1) is 9.76. The van der Waals surface area contributed by atoms with E-state index >= 15 is 0 Å². The average molecular weight is 275 g/mol. The highest BCUT2D eigenvalue weighted by molar-refractivity contribution is 5.94. The second-order valence-electron chi connectivity index (χ2n) is 4.26. The van der Waals surface area contributed by atoms with Crippen LogP contribution < -0.4 is 0 Å². The first-order valence-electron chi connectivity index (χ1n) is 6.49. The van der Waals surface area contributed by atoms with E-state index in [1.165, 1.54) is 11.0 Å². The van der Waals surface area contributed by atoms with Crippen molar-refractivity contribution in [3.63, 3.8) is 0 Å². The zero-order valence-corrected chi connectivity index (χ0v) is 11.3. The molecule has 7 nitrogen and oxygen atoms in total. The van der Waals surface area contributed by atoms with Crippen LogP contribution in [0.15, 0.2) is 30.6 Å². The van der Waals surface area contributed by atoms with Gasteiger partial charge >= 0.3 is 0 Å². The number of aliphatic hydroxyl groups excluding tert-OH is 1. The van der Waals surface area contributed by atoms with Crippen molar-refractivity contribution in [1.29, 1.82) is 0 Å². The van der Waals surface area contributed by atoms with E-state index in [0.29, 0.717) is 25.1 Å². The van der Waals surface area contributed by atoms with Crippen LogP contribution in [0.5, 0.6) is 0 Å². The topological polar surface area (TPSA) is 84.1 Å². The van der Waals surface area contributed by atoms with Gasteiger partial charge in [-0.1, -0.05) is 0 Å². The minimum absolute atomic E-state index is 0.0378. The number of tetrazole rings is 1. The Balaban J connectivity index is 2.10. The standard InChI is InChI=1S/C13H17N5O2/c1-2-17(8-3-9-19)13(20)11-4-6-12(7-5-11)18-10-14-15-16-18/h4-7,10,19H,2-3,8-9H2,1H3. The first kappa shape index (κ1) is 14.1. The number of nitrogens with zero attached hydrogens (tertiary/aromatic N) is 5. The lowest BCUT2D eigenvalue weighted by Crippen LogP contribution is -2.32. The molecular formula is C13H17N5O2. The van der Waals surface area contributed by atoms with Gasteiger partial charge in [0.2, 0.25) is 0 Å².